The van der Waals surface area contributed by atoms with Crippen LogP contribution in [0.3, 0.4) is 0 Å². The van der Waals surface area contributed by atoms with Gasteiger partial charge in [-0.1, -0.05) is 0 Å². The Morgan fingerprint density at radius 3 is 2.44 bits per heavy atom. The monoisotopic (exact) mass is 803 g/mol. The molecule has 2 aromatic heterocycles. The molecule has 1 spiro atoms. The van der Waals surface area contributed by atoms with Gasteiger partial charge in [0.25, 0.3) is 5.91 Å². The molecule has 0 bridgehead atoms. The zero-order chi connectivity index (χ0) is 40.0. The molecule has 1 atom stereocenters. The molecule has 4 aromatic rings. The van der Waals surface area contributed by atoms with Crippen molar-refractivity contribution in [2.75, 3.05) is 49.1 Å². The number of anilines is 2. The highest BCUT2D eigenvalue weighted by Gasteiger charge is 2.50. The number of carbonyl (C=O) groups excluding carboxylic acids is 3. The fraction of sp³-hybridized carbons (Fsp3) is 0.545. The third-order valence-corrected chi connectivity index (χ3v) is 14.4. The molecule has 6 fully saturated rings. The molecule has 7 aliphatic rings. The minimum absolute atomic E-state index is 0.0332. The second-order valence-electron chi connectivity index (χ2n) is 18.4. The molecule has 3 amide bonds. The minimum Gasteiger partial charge on any atom is -0.488 e. The van der Waals surface area contributed by atoms with Crippen LogP contribution < -0.4 is 19.9 Å². The van der Waals surface area contributed by atoms with Crippen molar-refractivity contribution < 1.29 is 28.2 Å². The maximum Gasteiger partial charge on any atom is 0.255 e. The number of benzene rings is 2. The highest BCUT2D eigenvalue weighted by Crippen LogP contribution is 2.46. The molecule has 1 unspecified atom stereocenters. The molecule has 5 aliphatic heterocycles. The zero-order valence-electron chi connectivity index (χ0n) is 33.4. The summed E-state index contributed by atoms with van der Waals surface area (Å²) in [6.45, 7) is 7.80. The van der Waals surface area contributed by atoms with Crippen molar-refractivity contribution in [1.82, 2.24) is 35.3 Å². The van der Waals surface area contributed by atoms with E-state index in [4.69, 9.17) is 9.47 Å². The van der Waals surface area contributed by atoms with Crippen LogP contribution in [0.5, 0.6) is 5.75 Å². The Morgan fingerprint density at radius 1 is 0.881 bits per heavy atom. The number of ether oxygens (including phenoxy) is 2. The van der Waals surface area contributed by atoms with Gasteiger partial charge in [0.05, 0.1) is 35.7 Å². The molecule has 4 saturated heterocycles. The Labute approximate surface area is 341 Å². The topological polar surface area (TPSA) is 149 Å². The molecule has 59 heavy (non-hydrogen) atoms. The average molecular weight is 804 g/mol. The van der Waals surface area contributed by atoms with E-state index in [2.05, 4.69) is 59.2 Å². The van der Waals surface area contributed by atoms with Gasteiger partial charge in [-0.3, -0.25) is 29.7 Å². The van der Waals surface area contributed by atoms with Crippen LogP contribution in [-0.2, 0) is 20.9 Å². The SMILES string of the molecule is CC1(Oc2ccc3[nH]nc(-c4cc(N5CCC6(CC5)CN(C5CC(OC7CCN(c8ccc9c(c8F)CN(C8CCC(=O)NC8=O)C9=O)CC7)C5)C6)ncn4)c3c2)CC1. The molecule has 0 radical (unpaired) electrons. The first-order valence-corrected chi connectivity index (χ1v) is 21.4. The van der Waals surface area contributed by atoms with Crippen molar-refractivity contribution in [2.24, 2.45) is 5.41 Å². The maximum atomic E-state index is 15.9. The van der Waals surface area contributed by atoms with Crippen LogP contribution in [0.4, 0.5) is 15.9 Å². The minimum atomic E-state index is -0.762. The van der Waals surface area contributed by atoms with Crippen LogP contribution in [0, 0.1) is 11.2 Å². The van der Waals surface area contributed by atoms with E-state index in [0.717, 1.165) is 111 Å². The summed E-state index contributed by atoms with van der Waals surface area (Å²) < 4.78 is 28.7. The van der Waals surface area contributed by atoms with E-state index in [-0.39, 0.29) is 49.0 Å². The number of rotatable bonds is 9. The summed E-state index contributed by atoms with van der Waals surface area (Å²) >= 11 is 0. The molecule has 2 N–H and O–H groups in total. The van der Waals surface area contributed by atoms with Crippen molar-refractivity contribution in [1.29, 1.82) is 0 Å². The third kappa shape index (κ3) is 6.70. The Hall–Kier alpha value is -5.15. The Balaban J connectivity index is 0.632. The lowest BCUT2D eigenvalue weighted by Crippen LogP contribution is -2.66. The molecular weight excluding hydrogens is 754 g/mol. The highest BCUT2D eigenvalue weighted by molar-refractivity contribution is 6.05. The molecule has 7 heterocycles. The number of carbonyl (C=O) groups is 3. The van der Waals surface area contributed by atoms with Gasteiger partial charge in [-0.15, -0.1) is 0 Å². The van der Waals surface area contributed by atoms with Crippen LogP contribution in [-0.4, -0.2) is 117 Å². The normalized spacial score (nSPS) is 26.5. The van der Waals surface area contributed by atoms with E-state index in [0.29, 0.717) is 41.4 Å². The second kappa shape index (κ2) is 14.0. The quantitative estimate of drug-likeness (QED) is 0.221. The molecule has 308 valence electrons. The van der Waals surface area contributed by atoms with Crippen molar-refractivity contribution in [3.05, 3.63) is 59.7 Å². The van der Waals surface area contributed by atoms with Crippen LogP contribution in [0.1, 0.15) is 87.1 Å². The summed E-state index contributed by atoms with van der Waals surface area (Å²) in [6, 6.07) is 11.4. The Kier molecular flexibility index (Phi) is 8.74. The van der Waals surface area contributed by atoms with Crippen LogP contribution in [0.2, 0.25) is 0 Å². The number of halogens is 1. The number of hydrogen-bond acceptors (Lipinski definition) is 11. The summed E-state index contributed by atoms with van der Waals surface area (Å²) in [5, 5.41) is 11.1. The molecule has 2 aromatic carbocycles. The van der Waals surface area contributed by atoms with Gasteiger partial charge in [-0.25, -0.2) is 14.4 Å². The molecule has 15 heteroatoms. The maximum absolute atomic E-state index is 15.9. The fourth-order valence-corrected chi connectivity index (χ4v) is 10.4. The predicted molar refractivity (Wildman–Crippen MR) is 216 cm³/mol. The third-order valence-electron chi connectivity index (χ3n) is 14.4. The summed E-state index contributed by atoms with van der Waals surface area (Å²) in [5.74, 6) is 0.226. The second-order valence-corrected chi connectivity index (χ2v) is 18.4. The van der Waals surface area contributed by atoms with Crippen molar-refractivity contribution in [2.45, 2.75) is 108 Å². The molecule has 14 nitrogen and oxygen atoms in total. The van der Waals surface area contributed by atoms with Gasteiger partial charge >= 0.3 is 0 Å². The summed E-state index contributed by atoms with van der Waals surface area (Å²) in [4.78, 5) is 55.0. The number of aromatic amines is 1. The highest BCUT2D eigenvalue weighted by atomic mass is 19.1. The van der Waals surface area contributed by atoms with Crippen LogP contribution in [0.25, 0.3) is 22.3 Å². The van der Waals surface area contributed by atoms with Crippen molar-refractivity contribution >= 4 is 40.1 Å². The van der Waals surface area contributed by atoms with E-state index in [1.165, 1.54) is 4.90 Å². The number of aromatic nitrogens is 4. The Bertz CT molecular complexity index is 2340. The van der Waals surface area contributed by atoms with Gasteiger partial charge in [0.15, 0.2) is 5.82 Å². The lowest BCUT2D eigenvalue weighted by Gasteiger charge is -2.59. The van der Waals surface area contributed by atoms with E-state index >= 15 is 4.39 Å². The number of nitrogens with one attached hydrogen (secondary N) is 2. The fourth-order valence-electron chi connectivity index (χ4n) is 10.4. The van der Waals surface area contributed by atoms with Crippen LogP contribution >= 0.6 is 0 Å². The first kappa shape index (κ1) is 36.9. The summed E-state index contributed by atoms with van der Waals surface area (Å²) in [7, 11) is 0. The number of amides is 3. The lowest BCUT2D eigenvalue weighted by molar-refractivity contribution is -0.137. The summed E-state index contributed by atoms with van der Waals surface area (Å²) in [6.07, 6.45) is 10.8. The van der Waals surface area contributed by atoms with Crippen molar-refractivity contribution in [3.8, 4) is 17.1 Å². The number of piperidine rings is 3. The van der Waals surface area contributed by atoms with Gasteiger partial charge in [0.2, 0.25) is 11.8 Å². The van der Waals surface area contributed by atoms with E-state index < -0.39 is 17.8 Å². The number of nitrogens with zero attached hydrogens (tertiary/aromatic N) is 7. The zero-order valence-corrected chi connectivity index (χ0v) is 33.4. The molecule has 2 aliphatic carbocycles. The molecular formula is C44H50FN9O5. The number of imide groups is 1. The number of hydrogen-bond donors (Lipinski definition) is 2. The first-order valence-electron chi connectivity index (χ1n) is 21.4. The van der Waals surface area contributed by atoms with Gasteiger partial charge in [0, 0.05) is 74.3 Å². The predicted octanol–water partition coefficient (Wildman–Crippen LogP) is 4.97. The van der Waals surface area contributed by atoms with Crippen molar-refractivity contribution in [3.63, 3.8) is 0 Å². The van der Waals surface area contributed by atoms with Gasteiger partial charge in [-0.05, 0) is 100 Å². The van der Waals surface area contributed by atoms with E-state index in [1.54, 1.807) is 18.5 Å². The van der Waals surface area contributed by atoms with Crippen LogP contribution in [0.15, 0.2) is 42.7 Å². The average Bonchev–Trinajstić information content (AvgIpc) is 3.63. The van der Waals surface area contributed by atoms with Gasteiger partial charge < -0.3 is 24.2 Å². The summed E-state index contributed by atoms with van der Waals surface area (Å²) in [5.41, 5.74) is 4.04. The smallest absolute Gasteiger partial charge is 0.255 e. The largest absolute Gasteiger partial charge is 0.488 e. The number of likely N-dealkylation sites (tertiary alicyclic amines) is 1. The molecule has 11 rings (SSSR count). The standard InChI is InChI=1S/C44H50FN9O5/c1-43(10-11-43)59-28-2-4-33-31(20-28)40(50-49-33)34-21-37(47-25-46-34)52-16-12-44(13-17-52)23-53(24-44)26-18-29(19-26)58-27-8-14-51(15-9-27)35-5-3-30-32(39(35)45)22-54(42(30)57)36-6-7-38(55)48-41(36)56/h2-5,20-21,25-27,29,36H,6-19,22-24H2,1H3,(H,49,50)(H,48,55,56). The lowest BCUT2D eigenvalue weighted by atomic mass is 9.69. The van der Waals surface area contributed by atoms with E-state index in [9.17, 15) is 14.4 Å². The van der Waals surface area contributed by atoms with Gasteiger partial charge in [0.1, 0.15) is 35.2 Å². The van der Waals surface area contributed by atoms with E-state index in [1.807, 2.05) is 12.1 Å². The first-order chi connectivity index (χ1) is 28.6. The Morgan fingerprint density at radius 2 is 1.68 bits per heavy atom. The van der Waals surface area contributed by atoms with Gasteiger partial charge in [-0.2, -0.15) is 5.10 Å². The number of H-pyrrole nitrogens is 1. The molecule has 2 saturated carbocycles. The number of fused-ring (bicyclic) bond motifs is 2.